The van der Waals surface area contributed by atoms with Crippen LogP contribution in [0.1, 0.15) is 30.4 Å². The third kappa shape index (κ3) is 4.74. The fourth-order valence-electron chi connectivity index (χ4n) is 4.40. The van der Waals surface area contributed by atoms with Gasteiger partial charge in [-0.2, -0.15) is 0 Å². The number of rotatable bonds is 8. The van der Waals surface area contributed by atoms with Crippen molar-refractivity contribution in [2.45, 2.75) is 37.5 Å². The Kier molecular flexibility index (Phi) is 6.59. The average molecular weight is 473 g/mol. The number of hydrazine groups is 1. The summed E-state index contributed by atoms with van der Waals surface area (Å²) >= 11 is 0. The zero-order chi connectivity index (χ0) is 22.8. The first-order valence-corrected chi connectivity index (χ1v) is 12.5. The van der Waals surface area contributed by atoms with E-state index in [9.17, 15) is 8.60 Å². The lowest BCUT2D eigenvalue weighted by Gasteiger charge is -2.28. The summed E-state index contributed by atoms with van der Waals surface area (Å²) in [6.45, 7) is 2.78. The lowest BCUT2D eigenvalue weighted by molar-refractivity contribution is 0.356. The molecular weight excluding hydrogens is 443 g/mol. The Balaban J connectivity index is 1.29. The topological polar surface area (TPSA) is 95.2 Å². The first kappa shape index (κ1) is 22.3. The van der Waals surface area contributed by atoms with Crippen molar-refractivity contribution >= 4 is 17.2 Å². The Morgan fingerprint density at radius 3 is 2.94 bits per heavy atom. The van der Waals surface area contributed by atoms with E-state index < -0.39 is 11.0 Å². The van der Waals surface area contributed by atoms with Gasteiger partial charge >= 0.3 is 0 Å². The van der Waals surface area contributed by atoms with Gasteiger partial charge in [0, 0.05) is 66.6 Å². The Morgan fingerprint density at radius 1 is 1.30 bits per heavy atom. The van der Waals surface area contributed by atoms with E-state index in [1.165, 1.54) is 6.07 Å². The van der Waals surface area contributed by atoms with Crippen LogP contribution in [0, 0.1) is 5.82 Å². The van der Waals surface area contributed by atoms with Crippen LogP contribution in [0.25, 0.3) is 0 Å². The van der Waals surface area contributed by atoms with Gasteiger partial charge < -0.3 is 15.1 Å². The number of ether oxygens (including phenoxy) is 1. The summed E-state index contributed by atoms with van der Waals surface area (Å²) in [5.74, 6) is 7.18. The molecule has 33 heavy (non-hydrogen) atoms. The van der Waals surface area contributed by atoms with Gasteiger partial charge in [-0.05, 0) is 37.0 Å². The molecule has 4 aliphatic rings. The largest absolute Gasteiger partial charge is 0.493 e. The third-order valence-electron chi connectivity index (χ3n) is 6.32. The summed E-state index contributed by atoms with van der Waals surface area (Å²) < 4.78 is 34.5. The van der Waals surface area contributed by atoms with Gasteiger partial charge in [0.15, 0.2) is 0 Å². The summed E-state index contributed by atoms with van der Waals surface area (Å²) in [4.78, 5) is 6.30. The predicted molar refractivity (Wildman–Crippen MR) is 127 cm³/mol. The first-order valence-electron chi connectivity index (χ1n) is 11.3. The maximum absolute atomic E-state index is 14.4. The van der Waals surface area contributed by atoms with Crippen molar-refractivity contribution < 1.29 is 13.3 Å². The first-order chi connectivity index (χ1) is 16.2. The van der Waals surface area contributed by atoms with Gasteiger partial charge in [-0.25, -0.2) is 18.7 Å². The zero-order valence-electron chi connectivity index (χ0n) is 18.4. The van der Waals surface area contributed by atoms with E-state index in [1.807, 2.05) is 15.4 Å². The molecule has 3 aliphatic heterocycles. The molecule has 10 heteroatoms. The molecule has 1 aromatic carbocycles. The second kappa shape index (κ2) is 9.76. The Bertz CT molecular complexity index is 1070. The molecule has 3 heterocycles. The molecule has 1 fully saturated rings. The fraction of sp³-hybridized carbons (Fsp3) is 0.435. The number of hydrogen-bond donors (Lipinski definition) is 3. The normalized spacial score (nSPS) is 21.5. The second-order valence-corrected chi connectivity index (χ2v) is 10.2. The highest BCUT2D eigenvalue weighted by Crippen LogP contribution is 2.31. The predicted octanol–water partition coefficient (Wildman–Crippen LogP) is 1.80. The van der Waals surface area contributed by atoms with E-state index in [0.29, 0.717) is 43.0 Å². The molecule has 5 rings (SSSR count). The molecule has 0 spiro atoms. The van der Waals surface area contributed by atoms with E-state index in [-0.39, 0.29) is 5.82 Å². The minimum atomic E-state index is -0.886. The third-order valence-corrected chi connectivity index (χ3v) is 8.20. The van der Waals surface area contributed by atoms with Gasteiger partial charge in [-0.1, -0.05) is 6.08 Å². The lowest BCUT2D eigenvalue weighted by Crippen LogP contribution is -2.39. The maximum Gasteiger partial charge on any atom is 0.130 e. The SMILES string of the molecule is NNC1=C(C2=CCN(S(=O)C3CC3)CC2)C=NC=CN1CNCc1c(F)ccc2c1CCO2. The van der Waals surface area contributed by atoms with Gasteiger partial charge in [-0.3, -0.25) is 10.3 Å². The molecule has 1 atom stereocenters. The fourth-order valence-corrected chi connectivity index (χ4v) is 5.85. The Hall–Kier alpha value is -2.53. The molecule has 8 nitrogen and oxygen atoms in total. The highest BCUT2D eigenvalue weighted by atomic mass is 32.2. The number of nitrogens with two attached hydrogens (primary N) is 1. The van der Waals surface area contributed by atoms with Crippen LogP contribution < -0.4 is 21.3 Å². The monoisotopic (exact) mass is 472 g/mol. The quantitative estimate of drug-likeness (QED) is 0.395. The van der Waals surface area contributed by atoms with Gasteiger partial charge in [-0.15, -0.1) is 0 Å². The number of allylic oxidation sites excluding steroid dienone is 1. The zero-order valence-corrected chi connectivity index (χ0v) is 19.2. The van der Waals surface area contributed by atoms with E-state index in [1.54, 1.807) is 18.5 Å². The molecule has 0 radical (unpaired) electrons. The molecule has 0 aromatic heterocycles. The molecule has 1 saturated carbocycles. The highest BCUT2D eigenvalue weighted by Gasteiger charge is 2.33. The van der Waals surface area contributed by atoms with Crippen molar-refractivity contribution in [1.29, 1.82) is 0 Å². The summed E-state index contributed by atoms with van der Waals surface area (Å²) in [6.07, 6.45) is 11.1. The van der Waals surface area contributed by atoms with Crippen molar-refractivity contribution in [2.24, 2.45) is 10.8 Å². The van der Waals surface area contributed by atoms with E-state index in [2.05, 4.69) is 21.8 Å². The number of nitrogens with zero attached hydrogens (tertiary/aromatic N) is 3. The second-order valence-electron chi connectivity index (χ2n) is 8.48. The van der Waals surface area contributed by atoms with Crippen molar-refractivity contribution in [3.63, 3.8) is 0 Å². The van der Waals surface area contributed by atoms with Crippen molar-refractivity contribution in [1.82, 2.24) is 19.9 Å². The molecule has 0 amide bonds. The van der Waals surface area contributed by atoms with Crippen LogP contribution in [-0.2, 0) is 24.0 Å². The van der Waals surface area contributed by atoms with E-state index >= 15 is 0 Å². The van der Waals surface area contributed by atoms with Gasteiger partial charge in [0.25, 0.3) is 0 Å². The lowest BCUT2D eigenvalue weighted by atomic mass is 10.0. The van der Waals surface area contributed by atoms with Crippen molar-refractivity contribution in [3.05, 3.63) is 64.5 Å². The smallest absolute Gasteiger partial charge is 0.130 e. The summed E-state index contributed by atoms with van der Waals surface area (Å²) in [5.41, 5.74) is 6.42. The summed E-state index contributed by atoms with van der Waals surface area (Å²) in [7, 11) is -0.886. The Morgan fingerprint density at radius 2 is 2.18 bits per heavy atom. The van der Waals surface area contributed by atoms with Gasteiger partial charge in [0.05, 0.1) is 24.3 Å². The number of nitrogens with one attached hydrogen (secondary N) is 2. The minimum absolute atomic E-state index is 0.226. The number of fused-ring (bicyclic) bond motifs is 1. The van der Waals surface area contributed by atoms with E-state index in [4.69, 9.17) is 10.6 Å². The number of hydrogen-bond acceptors (Lipinski definition) is 7. The van der Waals surface area contributed by atoms with Crippen molar-refractivity contribution in [3.8, 4) is 5.75 Å². The molecule has 0 saturated heterocycles. The molecule has 1 aromatic rings. The van der Waals surface area contributed by atoms with Crippen LogP contribution in [0.4, 0.5) is 4.39 Å². The number of halogens is 1. The van der Waals surface area contributed by atoms with Crippen molar-refractivity contribution in [2.75, 3.05) is 26.4 Å². The van der Waals surface area contributed by atoms with Gasteiger partial charge in [0.1, 0.15) is 17.4 Å². The van der Waals surface area contributed by atoms with Gasteiger partial charge in [0.2, 0.25) is 0 Å². The number of benzene rings is 1. The highest BCUT2D eigenvalue weighted by molar-refractivity contribution is 7.83. The van der Waals surface area contributed by atoms with Crippen LogP contribution in [0.5, 0.6) is 5.75 Å². The maximum atomic E-state index is 14.4. The molecule has 4 N–H and O–H groups in total. The van der Waals surface area contributed by atoms with E-state index in [0.717, 1.165) is 54.7 Å². The average Bonchev–Trinajstić information content (AvgIpc) is 3.61. The summed E-state index contributed by atoms with van der Waals surface area (Å²) in [6, 6.07) is 3.15. The molecule has 1 aliphatic carbocycles. The van der Waals surface area contributed by atoms with Crippen LogP contribution in [0.15, 0.2) is 52.6 Å². The van der Waals surface area contributed by atoms with Crippen LogP contribution in [0.2, 0.25) is 0 Å². The molecule has 1 unspecified atom stereocenters. The number of aliphatic imine (C=N–C) groups is 1. The molecular formula is C23H29FN6O2S. The van der Waals surface area contributed by atoms with Crippen LogP contribution >= 0.6 is 0 Å². The molecule has 0 bridgehead atoms. The standard InChI is InChI=1S/C23H29FN6O2S/c24-21-3-4-22-18(7-12-32-22)20(21)14-27-15-29-11-8-26-13-19(23(29)28-25)16-5-9-30(10-6-16)33(31)17-1-2-17/h3-5,8,11,13,17,27-28H,1-2,6-7,9-10,12,14-15,25H2. The Labute approximate surface area is 195 Å². The van der Waals surface area contributed by atoms with Crippen LogP contribution in [-0.4, -0.2) is 51.2 Å². The van der Waals surface area contributed by atoms with Crippen LogP contribution in [0.3, 0.4) is 0 Å². The molecule has 176 valence electrons. The summed E-state index contributed by atoms with van der Waals surface area (Å²) in [5, 5.41) is 3.67. The minimum Gasteiger partial charge on any atom is -0.493 e.